The summed E-state index contributed by atoms with van der Waals surface area (Å²) >= 11 is 0. The molecule has 0 bridgehead atoms. The summed E-state index contributed by atoms with van der Waals surface area (Å²) in [5.74, 6) is -1.90. The van der Waals surface area contributed by atoms with Gasteiger partial charge in [-0.25, -0.2) is 4.57 Å². The summed E-state index contributed by atoms with van der Waals surface area (Å²) in [6, 6.07) is 5.31. The van der Waals surface area contributed by atoms with Crippen molar-refractivity contribution in [1.29, 1.82) is 0 Å². The SMILES string of the molecule is O=C(NCC[n+]1ccccc1)C(F)(F)F. The molecule has 0 saturated heterocycles. The van der Waals surface area contributed by atoms with Crippen LogP contribution in [0.2, 0.25) is 0 Å². The molecule has 0 atom stereocenters. The average molecular weight is 219 g/mol. The van der Waals surface area contributed by atoms with Gasteiger partial charge in [0.15, 0.2) is 18.9 Å². The third-order valence-electron chi connectivity index (χ3n) is 1.69. The maximum absolute atomic E-state index is 11.8. The largest absolute Gasteiger partial charge is 0.471 e. The third kappa shape index (κ3) is 3.97. The fourth-order valence-electron chi connectivity index (χ4n) is 0.982. The Kier molecular flexibility index (Phi) is 3.65. The lowest BCUT2D eigenvalue weighted by atomic mass is 10.4. The van der Waals surface area contributed by atoms with Gasteiger partial charge < -0.3 is 5.32 Å². The molecule has 0 fully saturated rings. The Bertz CT molecular complexity index is 324. The maximum Gasteiger partial charge on any atom is 0.471 e. The second kappa shape index (κ2) is 4.77. The van der Waals surface area contributed by atoms with E-state index in [4.69, 9.17) is 0 Å². The van der Waals surface area contributed by atoms with E-state index in [9.17, 15) is 18.0 Å². The van der Waals surface area contributed by atoms with Gasteiger partial charge in [-0.2, -0.15) is 13.2 Å². The Labute approximate surface area is 84.5 Å². The summed E-state index contributed by atoms with van der Waals surface area (Å²) in [7, 11) is 0. The first kappa shape index (κ1) is 11.5. The molecule has 82 valence electrons. The van der Waals surface area contributed by atoms with E-state index in [0.29, 0.717) is 6.54 Å². The van der Waals surface area contributed by atoms with Crippen LogP contribution in [0.3, 0.4) is 0 Å². The molecule has 0 aromatic carbocycles. The number of nitrogens with zero attached hydrogens (tertiary/aromatic N) is 1. The van der Waals surface area contributed by atoms with Crippen molar-refractivity contribution in [3.63, 3.8) is 0 Å². The van der Waals surface area contributed by atoms with Gasteiger partial charge in [0.1, 0.15) is 0 Å². The molecule has 6 heteroatoms. The zero-order chi connectivity index (χ0) is 11.3. The molecule has 1 heterocycles. The van der Waals surface area contributed by atoms with Crippen LogP contribution in [0.15, 0.2) is 30.6 Å². The van der Waals surface area contributed by atoms with Crippen LogP contribution in [0.4, 0.5) is 13.2 Å². The minimum Gasteiger partial charge on any atom is -0.342 e. The first-order valence-corrected chi connectivity index (χ1v) is 4.29. The molecule has 1 N–H and O–H groups in total. The highest BCUT2D eigenvalue weighted by molar-refractivity contribution is 5.81. The topological polar surface area (TPSA) is 33.0 Å². The number of hydrogen-bond donors (Lipinski definition) is 1. The highest BCUT2D eigenvalue weighted by atomic mass is 19.4. The molecule has 1 aromatic rings. The van der Waals surface area contributed by atoms with Gasteiger partial charge in [-0.3, -0.25) is 4.79 Å². The Morgan fingerprint density at radius 2 is 1.80 bits per heavy atom. The van der Waals surface area contributed by atoms with Gasteiger partial charge in [0.05, 0.1) is 6.54 Å². The van der Waals surface area contributed by atoms with Crippen molar-refractivity contribution < 1.29 is 22.5 Å². The number of amides is 1. The van der Waals surface area contributed by atoms with Crippen LogP contribution in [0.1, 0.15) is 0 Å². The minimum absolute atomic E-state index is 0.0486. The van der Waals surface area contributed by atoms with E-state index in [1.54, 1.807) is 40.5 Å². The van der Waals surface area contributed by atoms with Gasteiger partial charge in [-0.05, 0) is 0 Å². The lowest BCUT2D eigenvalue weighted by Crippen LogP contribution is -2.43. The van der Waals surface area contributed by atoms with Crippen LogP contribution in [-0.2, 0) is 11.3 Å². The van der Waals surface area contributed by atoms with Crippen LogP contribution in [0, 0.1) is 0 Å². The second-order valence-electron chi connectivity index (χ2n) is 2.87. The maximum atomic E-state index is 11.8. The van der Waals surface area contributed by atoms with Crippen LogP contribution in [0.5, 0.6) is 0 Å². The van der Waals surface area contributed by atoms with Crippen LogP contribution < -0.4 is 9.88 Å². The zero-order valence-corrected chi connectivity index (χ0v) is 7.79. The van der Waals surface area contributed by atoms with Gasteiger partial charge in [0, 0.05) is 12.1 Å². The van der Waals surface area contributed by atoms with E-state index in [1.165, 1.54) is 0 Å². The standard InChI is InChI=1S/C9H9F3N2O/c10-9(11,12)8(15)13-4-7-14-5-2-1-3-6-14/h1-3,5-6H,4,7H2/p+1. The lowest BCUT2D eigenvalue weighted by molar-refractivity contribution is -0.694. The fraction of sp³-hybridized carbons (Fsp3) is 0.333. The predicted molar refractivity (Wildman–Crippen MR) is 45.7 cm³/mol. The number of pyridine rings is 1. The summed E-state index contributed by atoms with van der Waals surface area (Å²) in [5.41, 5.74) is 0. The van der Waals surface area contributed by atoms with E-state index in [2.05, 4.69) is 0 Å². The number of nitrogens with one attached hydrogen (secondary N) is 1. The number of halogens is 3. The molecule has 0 spiro atoms. The highest BCUT2D eigenvalue weighted by Gasteiger charge is 2.38. The van der Waals surface area contributed by atoms with Crippen molar-refractivity contribution >= 4 is 5.91 Å². The normalized spacial score (nSPS) is 11.1. The molecule has 15 heavy (non-hydrogen) atoms. The second-order valence-corrected chi connectivity index (χ2v) is 2.87. The van der Waals surface area contributed by atoms with Crippen LogP contribution in [0.25, 0.3) is 0 Å². The number of rotatable bonds is 3. The molecule has 0 unspecified atom stereocenters. The van der Waals surface area contributed by atoms with Crippen LogP contribution >= 0.6 is 0 Å². The summed E-state index contributed by atoms with van der Waals surface area (Å²) in [4.78, 5) is 10.4. The summed E-state index contributed by atoms with van der Waals surface area (Å²) in [6.45, 7) is 0.260. The Balaban J connectivity index is 2.32. The van der Waals surface area contributed by atoms with Crippen molar-refractivity contribution in [2.45, 2.75) is 12.7 Å². The molecular formula is C9H10F3N2O+. The summed E-state index contributed by atoms with van der Waals surface area (Å²) in [6.07, 6.45) is -1.39. The van der Waals surface area contributed by atoms with E-state index in [1.807, 2.05) is 0 Å². The van der Waals surface area contributed by atoms with Crippen molar-refractivity contribution in [3.05, 3.63) is 30.6 Å². The van der Waals surface area contributed by atoms with E-state index in [0.717, 1.165) is 0 Å². The first-order chi connectivity index (χ1) is 7.00. The van der Waals surface area contributed by atoms with E-state index < -0.39 is 12.1 Å². The molecule has 0 aliphatic heterocycles. The molecule has 3 nitrogen and oxygen atoms in total. The van der Waals surface area contributed by atoms with Gasteiger partial charge in [-0.15, -0.1) is 0 Å². The molecule has 0 aliphatic carbocycles. The smallest absolute Gasteiger partial charge is 0.342 e. The molecule has 1 aromatic heterocycles. The van der Waals surface area contributed by atoms with Gasteiger partial charge in [0.2, 0.25) is 0 Å². The quantitative estimate of drug-likeness (QED) is 0.744. The van der Waals surface area contributed by atoms with Crippen LogP contribution in [-0.4, -0.2) is 18.6 Å². The Hall–Kier alpha value is -1.59. The monoisotopic (exact) mass is 219 g/mol. The fourth-order valence-corrected chi connectivity index (χ4v) is 0.982. The Morgan fingerprint density at radius 3 is 2.33 bits per heavy atom. The minimum atomic E-state index is -4.80. The highest BCUT2D eigenvalue weighted by Crippen LogP contribution is 2.13. The van der Waals surface area contributed by atoms with Gasteiger partial charge >= 0.3 is 12.1 Å². The van der Waals surface area contributed by atoms with Gasteiger partial charge in [-0.1, -0.05) is 6.07 Å². The van der Waals surface area contributed by atoms with Crippen molar-refractivity contribution in [2.24, 2.45) is 0 Å². The molecule has 0 aliphatic rings. The van der Waals surface area contributed by atoms with Crippen molar-refractivity contribution in [1.82, 2.24) is 5.32 Å². The summed E-state index contributed by atoms with van der Waals surface area (Å²) < 4.78 is 36.9. The van der Waals surface area contributed by atoms with E-state index >= 15 is 0 Å². The number of alkyl halides is 3. The zero-order valence-electron chi connectivity index (χ0n) is 7.79. The molecule has 1 amide bonds. The number of hydrogen-bond acceptors (Lipinski definition) is 1. The molecule has 0 saturated carbocycles. The van der Waals surface area contributed by atoms with Gasteiger partial charge in [0.25, 0.3) is 0 Å². The number of carbonyl (C=O) groups is 1. The number of carbonyl (C=O) groups excluding carboxylic acids is 1. The van der Waals surface area contributed by atoms with E-state index in [-0.39, 0.29) is 6.54 Å². The average Bonchev–Trinajstić information content (AvgIpc) is 2.18. The van der Waals surface area contributed by atoms with Crippen molar-refractivity contribution in [2.75, 3.05) is 6.54 Å². The Morgan fingerprint density at radius 1 is 1.20 bits per heavy atom. The molecule has 1 rings (SSSR count). The third-order valence-corrected chi connectivity index (χ3v) is 1.69. The first-order valence-electron chi connectivity index (χ1n) is 4.29. The molecular weight excluding hydrogens is 209 g/mol. The lowest BCUT2D eigenvalue weighted by Gasteiger charge is -2.05. The number of aromatic nitrogens is 1. The predicted octanol–water partition coefficient (Wildman–Crippen LogP) is 0.653. The molecule has 0 radical (unpaired) electrons. The van der Waals surface area contributed by atoms with Crippen molar-refractivity contribution in [3.8, 4) is 0 Å². The summed E-state index contributed by atoms with van der Waals surface area (Å²) in [5, 5.41) is 1.79.